The predicted octanol–water partition coefficient (Wildman–Crippen LogP) is 1.52. The van der Waals surface area contributed by atoms with Crippen LogP contribution in [0.1, 0.15) is 24.1 Å². The molecule has 1 aliphatic heterocycles. The number of aliphatic hydroxyl groups excluding tert-OH is 1. The molecule has 1 aliphatic rings. The summed E-state index contributed by atoms with van der Waals surface area (Å²) in [5.41, 5.74) is 5.77. The molecular formula is C11H13F2NO3. The highest BCUT2D eigenvalue weighted by Gasteiger charge is 2.30. The number of alkyl halides is 2. The van der Waals surface area contributed by atoms with Gasteiger partial charge in [0, 0.05) is 18.1 Å². The molecule has 1 unspecified atom stereocenters. The van der Waals surface area contributed by atoms with Gasteiger partial charge in [0.15, 0.2) is 11.5 Å². The highest BCUT2D eigenvalue weighted by molar-refractivity contribution is 5.53. The Bertz CT molecular complexity index is 431. The van der Waals surface area contributed by atoms with Crippen molar-refractivity contribution in [2.75, 3.05) is 13.4 Å². The first-order chi connectivity index (χ1) is 7.93. The molecule has 0 saturated carbocycles. The summed E-state index contributed by atoms with van der Waals surface area (Å²) in [5.74, 6) is -2.42. The molecule has 0 aliphatic carbocycles. The fourth-order valence-electron chi connectivity index (χ4n) is 1.66. The molecule has 0 saturated heterocycles. The van der Waals surface area contributed by atoms with E-state index in [1.54, 1.807) is 0 Å². The van der Waals surface area contributed by atoms with Crippen LogP contribution in [0.2, 0.25) is 0 Å². The van der Waals surface area contributed by atoms with Crippen LogP contribution < -0.4 is 15.2 Å². The molecule has 0 spiro atoms. The molecule has 0 radical (unpaired) electrons. The molecule has 1 aromatic rings. The lowest BCUT2D eigenvalue weighted by Gasteiger charge is -2.16. The van der Waals surface area contributed by atoms with Crippen LogP contribution in [-0.2, 0) is 5.92 Å². The van der Waals surface area contributed by atoms with Gasteiger partial charge < -0.3 is 20.3 Å². The number of nitrogens with two attached hydrogens (primary N) is 1. The van der Waals surface area contributed by atoms with Gasteiger partial charge in [-0.15, -0.1) is 0 Å². The third-order valence-corrected chi connectivity index (χ3v) is 2.60. The summed E-state index contributed by atoms with van der Waals surface area (Å²) in [6, 6.07) is 1.71. The average molecular weight is 245 g/mol. The quantitative estimate of drug-likeness (QED) is 0.847. The molecule has 6 heteroatoms. The first kappa shape index (κ1) is 12.1. The molecule has 94 valence electrons. The number of hydrogen-bond acceptors (Lipinski definition) is 4. The van der Waals surface area contributed by atoms with Gasteiger partial charge in [-0.25, -0.2) is 8.78 Å². The molecule has 0 bridgehead atoms. The number of halogens is 2. The van der Waals surface area contributed by atoms with Gasteiger partial charge in [-0.1, -0.05) is 0 Å². The topological polar surface area (TPSA) is 64.7 Å². The maximum atomic E-state index is 13.3. The number of rotatable bonds is 3. The second kappa shape index (κ2) is 4.12. The molecule has 1 heterocycles. The number of benzene rings is 1. The van der Waals surface area contributed by atoms with Gasteiger partial charge in [-0.2, -0.15) is 0 Å². The first-order valence-corrected chi connectivity index (χ1v) is 5.11. The van der Waals surface area contributed by atoms with Crippen LogP contribution >= 0.6 is 0 Å². The SMILES string of the molecule is CC(F)(F)c1cc2c(c(C(N)CO)c1)OCO2. The van der Waals surface area contributed by atoms with Crippen molar-refractivity contribution in [3.8, 4) is 11.5 Å². The Morgan fingerprint density at radius 1 is 1.47 bits per heavy atom. The fraction of sp³-hybridized carbons (Fsp3) is 0.455. The molecular weight excluding hydrogens is 232 g/mol. The number of fused-ring (bicyclic) bond motifs is 1. The van der Waals surface area contributed by atoms with Gasteiger partial charge in [-0.3, -0.25) is 0 Å². The zero-order valence-electron chi connectivity index (χ0n) is 9.24. The first-order valence-electron chi connectivity index (χ1n) is 5.11. The fourth-order valence-corrected chi connectivity index (χ4v) is 1.66. The van der Waals surface area contributed by atoms with Crippen molar-refractivity contribution in [2.24, 2.45) is 5.73 Å². The summed E-state index contributed by atoms with van der Waals surface area (Å²) in [6.45, 7) is 0.409. The van der Waals surface area contributed by atoms with Crippen LogP contribution in [-0.4, -0.2) is 18.5 Å². The number of ether oxygens (including phenoxy) is 2. The molecule has 0 amide bonds. The van der Waals surface area contributed by atoms with E-state index < -0.39 is 12.0 Å². The molecule has 0 aromatic heterocycles. The smallest absolute Gasteiger partial charge is 0.270 e. The lowest BCUT2D eigenvalue weighted by molar-refractivity contribution is 0.0171. The monoisotopic (exact) mass is 245 g/mol. The molecule has 4 nitrogen and oxygen atoms in total. The van der Waals surface area contributed by atoms with Crippen molar-refractivity contribution in [1.82, 2.24) is 0 Å². The largest absolute Gasteiger partial charge is 0.454 e. The van der Waals surface area contributed by atoms with Gasteiger partial charge in [-0.05, 0) is 12.1 Å². The van der Waals surface area contributed by atoms with Crippen LogP contribution in [0.15, 0.2) is 12.1 Å². The third-order valence-electron chi connectivity index (χ3n) is 2.60. The summed E-state index contributed by atoms with van der Waals surface area (Å²) in [4.78, 5) is 0. The summed E-state index contributed by atoms with van der Waals surface area (Å²) < 4.78 is 36.8. The maximum absolute atomic E-state index is 13.3. The Morgan fingerprint density at radius 2 is 2.18 bits per heavy atom. The van der Waals surface area contributed by atoms with Crippen LogP contribution in [0.25, 0.3) is 0 Å². The average Bonchev–Trinajstić information content (AvgIpc) is 2.73. The van der Waals surface area contributed by atoms with Crippen LogP contribution in [0.5, 0.6) is 11.5 Å². The van der Waals surface area contributed by atoms with Crippen molar-refractivity contribution >= 4 is 0 Å². The highest BCUT2D eigenvalue weighted by atomic mass is 19.3. The Morgan fingerprint density at radius 3 is 2.76 bits per heavy atom. The summed E-state index contributed by atoms with van der Waals surface area (Å²) >= 11 is 0. The molecule has 1 atom stereocenters. The van der Waals surface area contributed by atoms with E-state index in [1.165, 1.54) is 12.1 Å². The second-order valence-corrected chi connectivity index (χ2v) is 3.98. The van der Waals surface area contributed by atoms with Crippen LogP contribution in [0.3, 0.4) is 0 Å². The second-order valence-electron chi connectivity index (χ2n) is 3.98. The van der Waals surface area contributed by atoms with Crippen LogP contribution in [0.4, 0.5) is 8.78 Å². The molecule has 0 fully saturated rings. The van der Waals surface area contributed by atoms with Gasteiger partial charge in [0.05, 0.1) is 12.6 Å². The Kier molecular flexibility index (Phi) is 2.92. The lowest BCUT2D eigenvalue weighted by atomic mass is 10.00. The molecule has 17 heavy (non-hydrogen) atoms. The van der Waals surface area contributed by atoms with Crippen molar-refractivity contribution in [3.05, 3.63) is 23.3 Å². The van der Waals surface area contributed by atoms with E-state index in [4.69, 9.17) is 20.3 Å². The standard InChI is InChI=1S/C11H13F2NO3/c1-11(12,13)6-2-7(8(14)4-15)10-9(3-6)16-5-17-10/h2-3,8,15H,4-5,14H2,1H3. The predicted molar refractivity (Wildman–Crippen MR) is 56.1 cm³/mol. The van der Waals surface area contributed by atoms with E-state index in [0.29, 0.717) is 11.3 Å². The minimum absolute atomic E-state index is 0.0286. The normalized spacial score (nSPS) is 16.1. The Labute approximate surface area is 96.9 Å². The van der Waals surface area contributed by atoms with E-state index in [0.717, 1.165) is 6.92 Å². The maximum Gasteiger partial charge on any atom is 0.270 e. The molecule has 3 N–H and O–H groups in total. The zero-order chi connectivity index (χ0) is 12.6. The van der Waals surface area contributed by atoms with E-state index >= 15 is 0 Å². The number of hydrogen-bond donors (Lipinski definition) is 2. The lowest BCUT2D eigenvalue weighted by Crippen LogP contribution is -2.17. The summed E-state index contributed by atoms with van der Waals surface area (Å²) in [7, 11) is 0. The summed E-state index contributed by atoms with van der Waals surface area (Å²) in [6.07, 6.45) is 0. The number of aliphatic hydroxyl groups is 1. The third kappa shape index (κ3) is 2.18. The molecule has 2 rings (SSSR count). The Hall–Kier alpha value is -1.40. The van der Waals surface area contributed by atoms with Crippen molar-refractivity contribution < 1.29 is 23.4 Å². The van der Waals surface area contributed by atoms with Gasteiger partial charge in [0.2, 0.25) is 6.79 Å². The minimum Gasteiger partial charge on any atom is -0.454 e. The highest BCUT2D eigenvalue weighted by Crippen LogP contribution is 2.42. The van der Waals surface area contributed by atoms with E-state index in [-0.39, 0.29) is 24.7 Å². The van der Waals surface area contributed by atoms with E-state index in [9.17, 15) is 8.78 Å². The van der Waals surface area contributed by atoms with E-state index in [1.807, 2.05) is 0 Å². The van der Waals surface area contributed by atoms with Gasteiger partial charge in [0.1, 0.15) is 0 Å². The van der Waals surface area contributed by atoms with Gasteiger partial charge in [0.25, 0.3) is 5.92 Å². The van der Waals surface area contributed by atoms with Crippen LogP contribution in [0, 0.1) is 0 Å². The van der Waals surface area contributed by atoms with Crippen molar-refractivity contribution in [1.29, 1.82) is 0 Å². The Balaban J connectivity index is 2.54. The minimum atomic E-state index is -3.00. The van der Waals surface area contributed by atoms with Crippen molar-refractivity contribution in [2.45, 2.75) is 18.9 Å². The van der Waals surface area contributed by atoms with Crippen molar-refractivity contribution in [3.63, 3.8) is 0 Å². The summed E-state index contributed by atoms with van der Waals surface area (Å²) in [5, 5.41) is 9.00. The zero-order valence-corrected chi connectivity index (χ0v) is 9.24. The van der Waals surface area contributed by atoms with E-state index in [2.05, 4.69) is 0 Å². The van der Waals surface area contributed by atoms with Gasteiger partial charge >= 0.3 is 0 Å². The molecule has 1 aromatic carbocycles.